The molecular weight excluding hydrogens is 587 g/mol. The van der Waals surface area contributed by atoms with Gasteiger partial charge in [-0.15, -0.1) is 0 Å². The summed E-state index contributed by atoms with van der Waals surface area (Å²) in [6.45, 7) is 4.33. The van der Waals surface area contributed by atoms with Crippen molar-refractivity contribution in [1.29, 1.82) is 0 Å². The van der Waals surface area contributed by atoms with Crippen molar-refractivity contribution in [3.05, 3.63) is 151 Å². The van der Waals surface area contributed by atoms with Crippen LogP contribution in [0.3, 0.4) is 0 Å². The van der Waals surface area contributed by atoms with Gasteiger partial charge in [0.05, 0.1) is 33.3 Å². The van der Waals surface area contributed by atoms with E-state index in [9.17, 15) is 0 Å². The Hall–Kier alpha value is -6.07. The van der Waals surface area contributed by atoms with Crippen molar-refractivity contribution < 1.29 is 0 Å². The molecule has 0 saturated carbocycles. The van der Waals surface area contributed by atoms with Crippen LogP contribution in [0.25, 0.3) is 77.5 Å². The van der Waals surface area contributed by atoms with E-state index < -0.39 is 0 Å². The van der Waals surface area contributed by atoms with Gasteiger partial charge in [0.15, 0.2) is 0 Å². The smallest absolute Gasteiger partial charge is 0.114 e. The average Bonchev–Trinajstić information content (AvgIpc) is 3.73. The fraction of sp³-hybridized carbons (Fsp3) is 0.0930. The lowest BCUT2D eigenvalue weighted by atomic mass is 9.97. The molecule has 9 aromatic rings. The van der Waals surface area contributed by atoms with Crippen LogP contribution in [0.2, 0.25) is 0 Å². The second-order valence-electron chi connectivity index (χ2n) is 12.2. The Bertz CT molecular complexity index is 2610. The highest BCUT2D eigenvalue weighted by Crippen LogP contribution is 2.38. The normalized spacial score (nSPS) is 11.7. The summed E-state index contributed by atoms with van der Waals surface area (Å²) < 4.78 is 4.55. The van der Waals surface area contributed by atoms with Crippen molar-refractivity contribution in [1.82, 2.24) is 24.1 Å². The standard InChI is InChI=1S/C43H33N5/c1-3-39-44-36-16-10-11-17-37(36)47(39)32-24-22-29(23-25-32)28-18-20-30(21-19-28)42-41-34(33-14-8-9-15-35(33)45-42)26-27-38-43(41)46-40(4-2)48(38)31-12-6-5-7-13-31/h5-27H,3-4H2,1-2H3. The number of rotatable bonds is 6. The number of fused-ring (bicyclic) bond motifs is 6. The molecule has 0 atom stereocenters. The van der Waals surface area contributed by atoms with Crippen molar-refractivity contribution >= 4 is 43.7 Å². The predicted molar refractivity (Wildman–Crippen MR) is 198 cm³/mol. The van der Waals surface area contributed by atoms with Crippen LogP contribution in [-0.2, 0) is 12.8 Å². The number of imidazole rings is 2. The Morgan fingerprint density at radius 3 is 1.77 bits per heavy atom. The number of nitrogens with zero attached hydrogens (tertiary/aromatic N) is 5. The molecular formula is C43H33N5. The number of hydrogen-bond donors (Lipinski definition) is 0. The molecule has 0 aliphatic carbocycles. The van der Waals surface area contributed by atoms with E-state index in [1.54, 1.807) is 0 Å². The Kier molecular flexibility index (Phi) is 6.64. The van der Waals surface area contributed by atoms with Crippen LogP contribution in [0, 0.1) is 0 Å². The Labute approximate surface area is 278 Å². The maximum absolute atomic E-state index is 5.29. The summed E-state index contributed by atoms with van der Waals surface area (Å²) in [6.07, 6.45) is 1.69. The first kappa shape index (κ1) is 28.2. The molecule has 0 aliphatic rings. The molecule has 0 saturated heterocycles. The summed E-state index contributed by atoms with van der Waals surface area (Å²) >= 11 is 0. The zero-order valence-electron chi connectivity index (χ0n) is 26.9. The first-order chi connectivity index (χ1) is 23.7. The molecule has 0 bridgehead atoms. The van der Waals surface area contributed by atoms with E-state index in [4.69, 9.17) is 15.0 Å². The number of para-hydroxylation sites is 4. The highest BCUT2D eigenvalue weighted by molar-refractivity contribution is 6.19. The second-order valence-corrected chi connectivity index (χ2v) is 12.2. The van der Waals surface area contributed by atoms with Gasteiger partial charge in [0.25, 0.3) is 0 Å². The topological polar surface area (TPSA) is 48.5 Å². The van der Waals surface area contributed by atoms with Gasteiger partial charge in [-0.05, 0) is 65.0 Å². The van der Waals surface area contributed by atoms with Gasteiger partial charge < -0.3 is 0 Å². The molecule has 0 amide bonds. The zero-order valence-corrected chi connectivity index (χ0v) is 26.9. The molecule has 0 spiro atoms. The van der Waals surface area contributed by atoms with Gasteiger partial charge >= 0.3 is 0 Å². The number of aromatic nitrogens is 5. The van der Waals surface area contributed by atoms with Crippen molar-refractivity contribution in [3.63, 3.8) is 0 Å². The molecule has 0 radical (unpaired) electrons. The average molecular weight is 620 g/mol. The monoisotopic (exact) mass is 619 g/mol. The van der Waals surface area contributed by atoms with Gasteiger partial charge in [-0.25, -0.2) is 15.0 Å². The summed E-state index contributed by atoms with van der Waals surface area (Å²) in [7, 11) is 0. The SMILES string of the molecule is CCc1nc2ccccc2n1-c1ccc(-c2ccc(-c3nc4ccccc4c4ccc5c(nc(CC)n5-c5ccccc5)c34)cc2)cc1. The van der Waals surface area contributed by atoms with E-state index in [0.29, 0.717) is 0 Å². The van der Waals surface area contributed by atoms with Crippen LogP contribution in [0.1, 0.15) is 25.5 Å². The summed E-state index contributed by atoms with van der Waals surface area (Å²) in [5.41, 5.74) is 11.8. The lowest BCUT2D eigenvalue weighted by Crippen LogP contribution is -1.99. The summed E-state index contributed by atoms with van der Waals surface area (Å²) in [5.74, 6) is 2.11. The zero-order chi connectivity index (χ0) is 32.2. The van der Waals surface area contributed by atoms with Crippen LogP contribution in [0.4, 0.5) is 0 Å². The van der Waals surface area contributed by atoms with Crippen molar-refractivity contribution in [2.75, 3.05) is 0 Å². The van der Waals surface area contributed by atoms with E-state index in [2.05, 4.69) is 156 Å². The minimum atomic E-state index is 0.825. The third-order valence-electron chi connectivity index (χ3n) is 9.45. The van der Waals surface area contributed by atoms with Crippen LogP contribution in [0.5, 0.6) is 0 Å². The van der Waals surface area contributed by atoms with Gasteiger partial charge in [-0.2, -0.15) is 0 Å². The number of pyridine rings is 1. The first-order valence-electron chi connectivity index (χ1n) is 16.7. The summed E-state index contributed by atoms with van der Waals surface area (Å²) in [4.78, 5) is 15.4. The van der Waals surface area contributed by atoms with Crippen LogP contribution in [0.15, 0.2) is 140 Å². The summed E-state index contributed by atoms with van der Waals surface area (Å²) in [5, 5.41) is 3.40. The maximum Gasteiger partial charge on any atom is 0.114 e. The molecule has 0 N–H and O–H groups in total. The second kappa shape index (κ2) is 11.3. The van der Waals surface area contributed by atoms with Crippen LogP contribution < -0.4 is 0 Å². The van der Waals surface area contributed by atoms with Gasteiger partial charge in [-0.3, -0.25) is 9.13 Å². The lowest BCUT2D eigenvalue weighted by molar-refractivity contribution is 0.908. The fourth-order valence-corrected chi connectivity index (χ4v) is 7.17. The third-order valence-corrected chi connectivity index (χ3v) is 9.45. The predicted octanol–water partition coefficient (Wildman–Crippen LogP) is 10.5. The van der Waals surface area contributed by atoms with Crippen LogP contribution >= 0.6 is 0 Å². The van der Waals surface area contributed by atoms with E-state index in [0.717, 1.165) is 91.0 Å². The van der Waals surface area contributed by atoms with Crippen LogP contribution in [-0.4, -0.2) is 24.1 Å². The molecule has 5 heteroatoms. The molecule has 230 valence electrons. The number of aryl methyl sites for hydroxylation is 2. The van der Waals surface area contributed by atoms with Gasteiger partial charge in [0.1, 0.15) is 11.6 Å². The lowest BCUT2D eigenvalue weighted by Gasteiger charge is -2.13. The molecule has 3 aromatic heterocycles. The quantitative estimate of drug-likeness (QED) is 0.174. The Balaban J connectivity index is 1.17. The minimum Gasteiger partial charge on any atom is -0.296 e. The molecule has 6 aromatic carbocycles. The number of hydrogen-bond acceptors (Lipinski definition) is 3. The molecule has 0 aliphatic heterocycles. The molecule has 0 fully saturated rings. The van der Waals surface area contributed by atoms with Crippen molar-refractivity contribution in [2.45, 2.75) is 26.7 Å². The van der Waals surface area contributed by atoms with Gasteiger partial charge in [0.2, 0.25) is 0 Å². The Morgan fingerprint density at radius 2 is 1.02 bits per heavy atom. The Morgan fingerprint density at radius 1 is 0.438 bits per heavy atom. The molecule has 3 heterocycles. The van der Waals surface area contributed by atoms with Gasteiger partial charge in [-0.1, -0.05) is 105 Å². The van der Waals surface area contributed by atoms with E-state index in [-0.39, 0.29) is 0 Å². The van der Waals surface area contributed by atoms with Crippen molar-refractivity contribution in [3.8, 4) is 33.8 Å². The molecule has 48 heavy (non-hydrogen) atoms. The molecule has 9 rings (SSSR count). The number of benzene rings is 6. The van der Waals surface area contributed by atoms with Gasteiger partial charge in [0, 0.05) is 40.6 Å². The summed E-state index contributed by atoms with van der Waals surface area (Å²) in [6, 6.07) is 49.3. The highest BCUT2D eigenvalue weighted by Gasteiger charge is 2.19. The first-order valence-corrected chi connectivity index (χ1v) is 16.7. The third kappa shape index (κ3) is 4.43. The van der Waals surface area contributed by atoms with E-state index in [1.165, 1.54) is 10.9 Å². The fourth-order valence-electron chi connectivity index (χ4n) is 7.17. The molecule has 5 nitrogen and oxygen atoms in total. The maximum atomic E-state index is 5.29. The van der Waals surface area contributed by atoms with E-state index >= 15 is 0 Å². The minimum absolute atomic E-state index is 0.825. The largest absolute Gasteiger partial charge is 0.296 e. The van der Waals surface area contributed by atoms with Crippen molar-refractivity contribution in [2.24, 2.45) is 0 Å². The van der Waals surface area contributed by atoms with E-state index in [1.807, 2.05) is 6.07 Å². The highest BCUT2D eigenvalue weighted by atomic mass is 15.1. The molecule has 0 unspecified atom stereocenters.